The van der Waals surface area contributed by atoms with Crippen LogP contribution in [0.4, 0.5) is 4.39 Å². The molecule has 0 unspecified atom stereocenters. The lowest BCUT2D eigenvalue weighted by Crippen LogP contribution is -2.03. The zero-order chi connectivity index (χ0) is 19.7. The molecule has 4 aromatic rings. The molecule has 0 fully saturated rings. The summed E-state index contributed by atoms with van der Waals surface area (Å²) in [5, 5.41) is 0.645. The van der Waals surface area contributed by atoms with Gasteiger partial charge in [-0.2, -0.15) is 0 Å². The number of carbonyl (C=O) groups excluding carboxylic acids is 1. The summed E-state index contributed by atoms with van der Waals surface area (Å²) in [7, 11) is 1.51. The van der Waals surface area contributed by atoms with Crippen LogP contribution in [0.3, 0.4) is 0 Å². The van der Waals surface area contributed by atoms with E-state index in [-0.39, 0.29) is 11.6 Å². The molecule has 1 aromatic carbocycles. The van der Waals surface area contributed by atoms with Gasteiger partial charge in [0.25, 0.3) is 0 Å². The molecule has 0 aliphatic rings. The molecule has 28 heavy (non-hydrogen) atoms. The Hall–Kier alpha value is -3.67. The number of hydrogen-bond donors (Lipinski definition) is 0. The molecule has 0 radical (unpaired) electrons. The molecule has 6 heteroatoms. The first-order valence-corrected chi connectivity index (χ1v) is 8.63. The average Bonchev–Trinajstić information content (AvgIpc) is 2.72. The van der Waals surface area contributed by atoms with Crippen molar-refractivity contribution in [3.8, 4) is 28.1 Å². The molecule has 0 atom stereocenters. The lowest BCUT2D eigenvalue weighted by Gasteiger charge is -2.14. The molecule has 138 valence electrons. The summed E-state index contributed by atoms with van der Waals surface area (Å²) in [6, 6.07) is 10.7. The van der Waals surface area contributed by atoms with Gasteiger partial charge in [-0.15, -0.1) is 0 Å². The van der Waals surface area contributed by atoms with E-state index in [1.165, 1.54) is 20.2 Å². The fourth-order valence-corrected chi connectivity index (χ4v) is 3.25. The van der Waals surface area contributed by atoms with Crippen LogP contribution in [0.1, 0.15) is 17.3 Å². The molecule has 3 aromatic heterocycles. The number of ether oxygens (including phenoxy) is 1. The van der Waals surface area contributed by atoms with Crippen molar-refractivity contribution in [2.75, 3.05) is 7.11 Å². The smallest absolute Gasteiger partial charge is 0.164 e. The van der Waals surface area contributed by atoms with E-state index < -0.39 is 0 Å². The molecule has 5 nitrogen and oxygen atoms in total. The SMILES string of the molecule is COc1c(-c2ccc(-c3ccncc3F)cc2)nc2ccncc2c1C(C)=O. The van der Waals surface area contributed by atoms with Crippen molar-refractivity contribution in [1.29, 1.82) is 0 Å². The van der Waals surface area contributed by atoms with Gasteiger partial charge < -0.3 is 4.74 Å². The number of pyridine rings is 3. The number of ketones is 1. The van der Waals surface area contributed by atoms with E-state index in [4.69, 9.17) is 4.74 Å². The fourth-order valence-electron chi connectivity index (χ4n) is 3.25. The second kappa shape index (κ2) is 7.15. The van der Waals surface area contributed by atoms with Crippen molar-refractivity contribution in [2.24, 2.45) is 0 Å². The molecular formula is C22H16FN3O2. The van der Waals surface area contributed by atoms with Gasteiger partial charge in [-0.1, -0.05) is 24.3 Å². The normalized spacial score (nSPS) is 10.8. The summed E-state index contributed by atoms with van der Waals surface area (Å²) in [4.78, 5) is 24.9. The maximum atomic E-state index is 14.0. The third-order valence-corrected chi connectivity index (χ3v) is 4.54. The standard InChI is InChI=1S/C22H16FN3O2/c1-13(27)20-17-11-24-10-8-19(17)26-21(22(20)28-2)15-5-3-14(4-6-15)16-7-9-25-12-18(16)23/h3-12H,1-2H3. The van der Waals surface area contributed by atoms with Crippen LogP contribution >= 0.6 is 0 Å². The molecular weight excluding hydrogens is 357 g/mol. The summed E-state index contributed by atoms with van der Waals surface area (Å²) in [6.07, 6.45) is 5.98. The monoisotopic (exact) mass is 373 g/mol. The second-order valence-electron chi connectivity index (χ2n) is 6.25. The molecule has 0 spiro atoms. The summed E-state index contributed by atoms with van der Waals surface area (Å²) in [6.45, 7) is 1.49. The van der Waals surface area contributed by atoms with E-state index in [9.17, 15) is 9.18 Å². The van der Waals surface area contributed by atoms with Crippen LogP contribution in [0.2, 0.25) is 0 Å². The van der Waals surface area contributed by atoms with Crippen LogP contribution in [-0.4, -0.2) is 27.8 Å². The lowest BCUT2D eigenvalue weighted by molar-refractivity contribution is 0.101. The van der Waals surface area contributed by atoms with E-state index in [0.717, 1.165) is 11.1 Å². The van der Waals surface area contributed by atoms with Crippen molar-refractivity contribution < 1.29 is 13.9 Å². The van der Waals surface area contributed by atoms with E-state index in [1.807, 2.05) is 12.1 Å². The highest BCUT2D eigenvalue weighted by atomic mass is 19.1. The average molecular weight is 373 g/mol. The molecule has 0 aliphatic heterocycles. The van der Waals surface area contributed by atoms with Crippen molar-refractivity contribution in [3.63, 3.8) is 0 Å². The minimum absolute atomic E-state index is 0.131. The van der Waals surface area contributed by atoms with Crippen molar-refractivity contribution in [3.05, 3.63) is 72.6 Å². The first-order valence-electron chi connectivity index (χ1n) is 8.63. The van der Waals surface area contributed by atoms with E-state index in [0.29, 0.717) is 33.5 Å². The Morgan fingerprint density at radius 3 is 2.32 bits per heavy atom. The number of benzene rings is 1. The van der Waals surface area contributed by atoms with Crippen molar-refractivity contribution >= 4 is 16.7 Å². The fraction of sp³-hybridized carbons (Fsp3) is 0.0909. The molecule has 0 saturated heterocycles. The quantitative estimate of drug-likeness (QED) is 0.485. The topological polar surface area (TPSA) is 65.0 Å². The molecule has 0 saturated carbocycles. The highest BCUT2D eigenvalue weighted by Crippen LogP contribution is 2.37. The van der Waals surface area contributed by atoms with E-state index in [2.05, 4.69) is 15.0 Å². The number of hydrogen-bond acceptors (Lipinski definition) is 5. The van der Waals surface area contributed by atoms with Crippen LogP contribution in [0.5, 0.6) is 5.75 Å². The Morgan fingerprint density at radius 2 is 1.64 bits per heavy atom. The van der Waals surface area contributed by atoms with E-state index >= 15 is 0 Å². The minimum atomic E-state index is -0.386. The van der Waals surface area contributed by atoms with Crippen molar-refractivity contribution in [1.82, 2.24) is 15.0 Å². The predicted octanol–water partition coefficient (Wildman–Crippen LogP) is 4.71. The number of nitrogens with zero attached hydrogens (tertiary/aromatic N) is 3. The maximum Gasteiger partial charge on any atom is 0.164 e. The van der Waals surface area contributed by atoms with Gasteiger partial charge in [0.15, 0.2) is 11.5 Å². The lowest BCUT2D eigenvalue weighted by atomic mass is 9.99. The minimum Gasteiger partial charge on any atom is -0.494 e. The Balaban J connectivity index is 1.90. The Morgan fingerprint density at radius 1 is 0.964 bits per heavy atom. The van der Waals surface area contributed by atoms with Gasteiger partial charge in [-0.25, -0.2) is 9.37 Å². The second-order valence-corrected chi connectivity index (χ2v) is 6.25. The van der Waals surface area contributed by atoms with Gasteiger partial charge in [0.2, 0.25) is 0 Å². The third-order valence-electron chi connectivity index (χ3n) is 4.54. The highest BCUT2D eigenvalue weighted by molar-refractivity contribution is 6.10. The number of methoxy groups -OCH3 is 1. The van der Waals surface area contributed by atoms with Crippen LogP contribution < -0.4 is 4.74 Å². The zero-order valence-electron chi connectivity index (χ0n) is 15.3. The van der Waals surface area contributed by atoms with Gasteiger partial charge in [0.05, 0.1) is 24.4 Å². The van der Waals surface area contributed by atoms with Gasteiger partial charge in [0, 0.05) is 35.1 Å². The number of carbonyl (C=O) groups is 1. The molecule has 0 amide bonds. The number of Topliss-reactive ketones (excluding diaryl/α,β-unsaturated/α-hetero) is 1. The Bertz CT molecular complexity index is 1190. The predicted molar refractivity (Wildman–Crippen MR) is 105 cm³/mol. The summed E-state index contributed by atoms with van der Waals surface area (Å²) in [5.41, 5.74) is 3.60. The maximum absolute atomic E-state index is 14.0. The number of halogens is 1. The van der Waals surface area contributed by atoms with Crippen LogP contribution in [0.15, 0.2) is 61.2 Å². The summed E-state index contributed by atoms with van der Waals surface area (Å²) >= 11 is 0. The van der Waals surface area contributed by atoms with Gasteiger partial charge >= 0.3 is 0 Å². The molecule has 3 heterocycles. The Labute approximate surface area is 160 Å². The summed E-state index contributed by atoms with van der Waals surface area (Å²) in [5.74, 6) is -0.118. The first kappa shape index (κ1) is 17.7. The molecule has 0 aliphatic carbocycles. The largest absolute Gasteiger partial charge is 0.494 e. The van der Waals surface area contributed by atoms with Crippen molar-refractivity contribution in [2.45, 2.75) is 6.92 Å². The molecule has 4 rings (SSSR count). The highest BCUT2D eigenvalue weighted by Gasteiger charge is 2.20. The first-order chi connectivity index (χ1) is 13.6. The number of rotatable bonds is 4. The van der Waals surface area contributed by atoms with Gasteiger partial charge in [0.1, 0.15) is 11.5 Å². The van der Waals surface area contributed by atoms with Crippen LogP contribution in [0, 0.1) is 5.82 Å². The third kappa shape index (κ3) is 2.99. The zero-order valence-corrected chi connectivity index (χ0v) is 15.3. The molecule has 0 N–H and O–H groups in total. The number of aromatic nitrogens is 3. The summed E-state index contributed by atoms with van der Waals surface area (Å²) < 4.78 is 19.6. The van der Waals surface area contributed by atoms with Gasteiger partial charge in [-0.05, 0) is 24.6 Å². The Kier molecular flexibility index (Phi) is 4.53. The van der Waals surface area contributed by atoms with Crippen LogP contribution in [-0.2, 0) is 0 Å². The van der Waals surface area contributed by atoms with Gasteiger partial charge in [-0.3, -0.25) is 14.8 Å². The number of fused-ring (bicyclic) bond motifs is 1. The van der Waals surface area contributed by atoms with E-state index in [1.54, 1.807) is 42.9 Å². The molecule has 0 bridgehead atoms. The van der Waals surface area contributed by atoms with Crippen LogP contribution in [0.25, 0.3) is 33.3 Å².